The molecule has 5 nitrogen and oxygen atoms in total. The molecule has 1 saturated heterocycles. The van der Waals surface area contributed by atoms with Gasteiger partial charge in [0.1, 0.15) is 17.7 Å². The molecular formula is C34H29N2O3+. The summed E-state index contributed by atoms with van der Waals surface area (Å²) in [5.74, 6) is -0.346. The van der Waals surface area contributed by atoms with Crippen molar-refractivity contribution in [3.05, 3.63) is 102 Å². The van der Waals surface area contributed by atoms with Gasteiger partial charge in [0, 0.05) is 34.1 Å². The van der Waals surface area contributed by atoms with Gasteiger partial charge in [0.15, 0.2) is 0 Å². The summed E-state index contributed by atoms with van der Waals surface area (Å²) in [7, 11) is 0. The minimum Gasteiger partial charge on any atom is -0.459 e. The van der Waals surface area contributed by atoms with Gasteiger partial charge in [-0.1, -0.05) is 66.7 Å². The number of esters is 1. The van der Waals surface area contributed by atoms with E-state index in [0.29, 0.717) is 12.2 Å². The lowest BCUT2D eigenvalue weighted by atomic mass is 9.94. The zero-order valence-corrected chi connectivity index (χ0v) is 22.1. The van der Waals surface area contributed by atoms with Gasteiger partial charge in [0.25, 0.3) is 5.52 Å². The number of rotatable bonds is 4. The van der Waals surface area contributed by atoms with Crippen molar-refractivity contribution in [2.24, 2.45) is 0 Å². The number of pyridine rings is 1. The molecule has 3 heterocycles. The van der Waals surface area contributed by atoms with Crippen molar-refractivity contribution < 1.29 is 18.8 Å². The molecule has 1 aliphatic rings. The fraction of sp³-hybridized carbons (Fsp3) is 0.206. The Hall–Kier alpha value is -4.35. The maximum Gasteiger partial charge on any atom is 0.345 e. The van der Waals surface area contributed by atoms with Crippen LogP contribution >= 0.6 is 0 Å². The summed E-state index contributed by atoms with van der Waals surface area (Å²) in [6.07, 6.45) is 1.85. The van der Waals surface area contributed by atoms with Crippen LogP contribution < -0.4 is 4.52 Å². The van der Waals surface area contributed by atoms with Crippen LogP contribution in [0.1, 0.15) is 34.3 Å². The molecule has 0 spiro atoms. The SMILES string of the molecule is Cc1ccc2c3ccccc3c3c(C(=O)OCC4CCCO4)c4c(C)ccc(-c5ccccc5)c4n[n+]3c2c1. The largest absolute Gasteiger partial charge is 0.459 e. The molecular weight excluding hydrogens is 484 g/mol. The predicted octanol–water partition coefficient (Wildman–Crippen LogP) is 6.90. The highest BCUT2D eigenvalue weighted by molar-refractivity contribution is 6.19. The summed E-state index contributed by atoms with van der Waals surface area (Å²) in [6.45, 7) is 5.09. The fourth-order valence-electron chi connectivity index (χ4n) is 5.94. The molecule has 1 atom stereocenters. The highest BCUT2D eigenvalue weighted by Crippen LogP contribution is 2.36. The van der Waals surface area contributed by atoms with Gasteiger partial charge in [0.05, 0.1) is 16.9 Å². The van der Waals surface area contributed by atoms with Gasteiger partial charge in [-0.25, -0.2) is 4.79 Å². The number of aryl methyl sites for hydroxylation is 2. The topological polar surface area (TPSA) is 52.5 Å². The molecule has 0 aliphatic carbocycles. The van der Waals surface area contributed by atoms with E-state index in [0.717, 1.165) is 73.2 Å². The smallest absolute Gasteiger partial charge is 0.345 e. The first kappa shape index (κ1) is 23.7. The van der Waals surface area contributed by atoms with Gasteiger partial charge in [0.2, 0.25) is 5.52 Å². The summed E-state index contributed by atoms with van der Waals surface area (Å²) < 4.78 is 13.7. The number of fused-ring (bicyclic) bond motifs is 7. The van der Waals surface area contributed by atoms with Gasteiger partial charge >= 0.3 is 5.97 Å². The lowest BCUT2D eigenvalue weighted by Gasteiger charge is -2.15. The number of aromatic nitrogens is 2. The molecule has 1 fully saturated rings. The van der Waals surface area contributed by atoms with Gasteiger partial charge < -0.3 is 9.47 Å². The molecule has 39 heavy (non-hydrogen) atoms. The molecule has 2 aromatic heterocycles. The monoisotopic (exact) mass is 513 g/mol. The molecule has 7 rings (SSSR count). The van der Waals surface area contributed by atoms with Crippen LogP contribution in [0.15, 0.2) is 84.9 Å². The highest BCUT2D eigenvalue weighted by atomic mass is 16.6. The Morgan fingerprint density at radius 1 is 0.949 bits per heavy atom. The van der Waals surface area contributed by atoms with Crippen molar-refractivity contribution in [1.82, 2.24) is 5.10 Å². The number of nitrogens with zero attached hydrogens (tertiary/aromatic N) is 2. The van der Waals surface area contributed by atoms with Crippen LogP contribution in [0.5, 0.6) is 0 Å². The lowest BCUT2D eigenvalue weighted by Crippen LogP contribution is -2.32. The quantitative estimate of drug-likeness (QED) is 0.111. The number of carbonyl (C=O) groups is 1. The first-order valence-electron chi connectivity index (χ1n) is 13.5. The molecule has 0 amide bonds. The van der Waals surface area contributed by atoms with Crippen LogP contribution in [-0.2, 0) is 9.47 Å². The Bertz CT molecular complexity index is 1910. The summed E-state index contributed by atoms with van der Waals surface area (Å²) in [6, 6.07) is 29.1. The Morgan fingerprint density at radius 3 is 2.54 bits per heavy atom. The van der Waals surface area contributed by atoms with E-state index in [9.17, 15) is 4.79 Å². The zero-order valence-electron chi connectivity index (χ0n) is 22.1. The molecule has 1 aliphatic heterocycles. The van der Waals surface area contributed by atoms with E-state index < -0.39 is 0 Å². The van der Waals surface area contributed by atoms with E-state index in [1.807, 2.05) is 41.8 Å². The second-order valence-electron chi connectivity index (χ2n) is 10.5. The molecule has 192 valence electrons. The second kappa shape index (κ2) is 9.44. The van der Waals surface area contributed by atoms with E-state index in [2.05, 4.69) is 61.5 Å². The van der Waals surface area contributed by atoms with Crippen molar-refractivity contribution >= 4 is 44.1 Å². The fourth-order valence-corrected chi connectivity index (χ4v) is 5.94. The Kier molecular flexibility index (Phi) is 5.75. The standard InChI is InChI=1S/C34H29N2O3/c1-21-14-16-27-26-12-6-7-13-28(26)33-31(34(37)39-20-24-11-8-18-38-24)30-22(2)15-17-25(23-9-4-3-5-10-23)32(30)35-36(33)29(27)19-21/h3-7,9-10,12-17,19,24H,8,11,18,20H2,1-2H3/q+1. The Labute approximate surface area is 226 Å². The number of hydrogen-bond donors (Lipinski definition) is 0. The van der Waals surface area contributed by atoms with Crippen molar-refractivity contribution in [2.75, 3.05) is 13.2 Å². The van der Waals surface area contributed by atoms with E-state index >= 15 is 0 Å². The first-order valence-corrected chi connectivity index (χ1v) is 13.5. The van der Waals surface area contributed by atoms with Crippen molar-refractivity contribution in [3.8, 4) is 11.1 Å². The third-order valence-corrected chi connectivity index (χ3v) is 7.85. The van der Waals surface area contributed by atoms with E-state index in [1.54, 1.807) is 0 Å². The first-order chi connectivity index (χ1) is 19.1. The third kappa shape index (κ3) is 3.93. The minimum absolute atomic E-state index is 0.0535. The summed E-state index contributed by atoms with van der Waals surface area (Å²) in [5.41, 5.74) is 7.19. The Morgan fingerprint density at radius 2 is 1.74 bits per heavy atom. The van der Waals surface area contributed by atoms with Crippen LogP contribution in [0, 0.1) is 13.8 Å². The van der Waals surface area contributed by atoms with Crippen LogP contribution in [0.25, 0.3) is 49.2 Å². The molecule has 4 aromatic carbocycles. The average Bonchev–Trinajstić information content (AvgIpc) is 3.49. The van der Waals surface area contributed by atoms with Gasteiger partial charge in [-0.3, -0.25) is 0 Å². The van der Waals surface area contributed by atoms with Gasteiger partial charge in [-0.05, 0) is 60.0 Å². The van der Waals surface area contributed by atoms with E-state index in [1.165, 1.54) is 0 Å². The van der Waals surface area contributed by atoms with Crippen LogP contribution in [0.2, 0.25) is 0 Å². The minimum atomic E-state index is -0.346. The maximum atomic E-state index is 14.2. The average molecular weight is 514 g/mol. The van der Waals surface area contributed by atoms with Gasteiger partial charge in [-0.2, -0.15) is 0 Å². The molecule has 6 aromatic rings. The number of hydrogen-bond acceptors (Lipinski definition) is 4. The second-order valence-corrected chi connectivity index (χ2v) is 10.5. The van der Waals surface area contributed by atoms with Crippen LogP contribution in [-0.4, -0.2) is 30.4 Å². The molecule has 0 bridgehead atoms. The zero-order chi connectivity index (χ0) is 26.5. The highest BCUT2D eigenvalue weighted by Gasteiger charge is 2.31. The molecule has 5 heteroatoms. The summed E-state index contributed by atoms with van der Waals surface area (Å²) in [5, 5.41) is 9.27. The molecule has 0 radical (unpaired) electrons. The lowest BCUT2D eigenvalue weighted by molar-refractivity contribution is -0.548. The maximum absolute atomic E-state index is 14.2. The van der Waals surface area contributed by atoms with E-state index in [-0.39, 0.29) is 18.7 Å². The third-order valence-electron chi connectivity index (χ3n) is 7.85. The summed E-state index contributed by atoms with van der Waals surface area (Å²) in [4.78, 5) is 14.2. The molecule has 0 saturated carbocycles. The number of carbonyl (C=O) groups excluding carboxylic acids is 1. The van der Waals surface area contributed by atoms with Crippen LogP contribution in [0.4, 0.5) is 0 Å². The normalized spacial score (nSPS) is 15.5. The molecule has 1 unspecified atom stereocenters. The van der Waals surface area contributed by atoms with Crippen molar-refractivity contribution in [1.29, 1.82) is 0 Å². The number of ether oxygens (including phenoxy) is 2. The van der Waals surface area contributed by atoms with Crippen molar-refractivity contribution in [3.63, 3.8) is 0 Å². The van der Waals surface area contributed by atoms with E-state index in [4.69, 9.17) is 14.6 Å². The Balaban J connectivity index is 1.64. The summed E-state index contributed by atoms with van der Waals surface area (Å²) >= 11 is 0. The van der Waals surface area contributed by atoms with Crippen LogP contribution in [0.3, 0.4) is 0 Å². The number of benzene rings is 4. The van der Waals surface area contributed by atoms with Gasteiger partial charge in [-0.15, -0.1) is 0 Å². The predicted molar refractivity (Wildman–Crippen MR) is 154 cm³/mol. The molecule has 0 N–H and O–H groups in total. The van der Waals surface area contributed by atoms with Crippen molar-refractivity contribution in [2.45, 2.75) is 32.8 Å².